The summed E-state index contributed by atoms with van der Waals surface area (Å²) in [4.78, 5) is 23.5. The molecule has 0 aliphatic carbocycles. The van der Waals surface area contributed by atoms with Crippen molar-refractivity contribution in [2.45, 2.75) is 13.8 Å². The van der Waals surface area contributed by atoms with Gasteiger partial charge in [-0.05, 0) is 38.1 Å². The first-order valence-corrected chi connectivity index (χ1v) is 7.29. The van der Waals surface area contributed by atoms with E-state index in [9.17, 15) is 9.59 Å². The van der Waals surface area contributed by atoms with Gasteiger partial charge >= 0.3 is 0 Å². The predicted octanol–water partition coefficient (Wildman–Crippen LogP) is 2.50. The Labute approximate surface area is 135 Å². The summed E-state index contributed by atoms with van der Waals surface area (Å²) in [6.07, 6.45) is 0. The third kappa shape index (κ3) is 4.36. The second kappa shape index (κ2) is 7.13. The van der Waals surface area contributed by atoms with Crippen LogP contribution in [0.3, 0.4) is 0 Å². The number of furan rings is 1. The summed E-state index contributed by atoms with van der Waals surface area (Å²) in [6.45, 7) is 3.22. The van der Waals surface area contributed by atoms with Gasteiger partial charge < -0.3 is 9.15 Å². The molecule has 2 aromatic rings. The third-order valence-corrected chi connectivity index (χ3v) is 3.26. The van der Waals surface area contributed by atoms with E-state index in [2.05, 4.69) is 26.8 Å². The Balaban J connectivity index is 1.80. The molecule has 2 N–H and O–H groups in total. The second-order valence-electron chi connectivity index (χ2n) is 4.58. The van der Waals surface area contributed by atoms with E-state index in [4.69, 9.17) is 9.15 Å². The first-order valence-electron chi connectivity index (χ1n) is 6.50. The maximum Gasteiger partial charge on any atom is 0.276 e. The molecule has 0 aliphatic rings. The van der Waals surface area contributed by atoms with Gasteiger partial charge in [-0.15, -0.1) is 0 Å². The van der Waals surface area contributed by atoms with Gasteiger partial charge in [0.1, 0.15) is 17.3 Å². The van der Waals surface area contributed by atoms with Crippen molar-refractivity contribution in [3.8, 4) is 5.75 Å². The standard InChI is InChI=1S/C15H15BrN2O4/c1-9-6-13(10(2)22-9)15(20)18-17-14(19)8-21-12-5-3-4-11(16)7-12/h3-7H,8H2,1-2H3,(H,17,19)(H,18,20). The number of rotatable bonds is 4. The maximum atomic E-state index is 11.9. The number of ether oxygens (including phenoxy) is 1. The first-order chi connectivity index (χ1) is 10.5. The van der Waals surface area contributed by atoms with Crippen molar-refractivity contribution in [1.29, 1.82) is 0 Å². The van der Waals surface area contributed by atoms with Gasteiger partial charge in [0.05, 0.1) is 5.56 Å². The van der Waals surface area contributed by atoms with Crippen LogP contribution >= 0.6 is 15.9 Å². The minimum Gasteiger partial charge on any atom is -0.484 e. The number of benzene rings is 1. The summed E-state index contributed by atoms with van der Waals surface area (Å²) in [5.41, 5.74) is 4.98. The molecule has 0 fully saturated rings. The van der Waals surface area contributed by atoms with E-state index in [0.717, 1.165) is 4.47 Å². The summed E-state index contributed by atoms with van der Waals surface area (Å²) in [6, 6.07) is 8.72. The number of aryl methyl sites for hydroxylation is 2. The van der Waals surface area contributed by atoms with Crippen molar-refractivity contribution in [2.75, 3.05) is 6.61 Å². The normalized spacial score (nSPS) is 10.1. The molecule has 0 aliphatic heterocycles. The lowest BCUT2D eigenvalue weighted by Gasteiger charge is -2.08. The van der Waals surface area contributed by atoms with Crippen molar-refractivity contribution < 1.29 is 18.7 Å². The average molecular weight is 367 g/mol. The minimum absolute atomic E-state index is 0.208. The van der Waals surface area contributed by atoms with E-state index in [1.165, 1.54) is 0 Å². The Bertz CT molecular complexity index is 697. The largest absolute Gasteiger partial charge is 0.484 e. The number of halogens is 1. The smallest absolute Gasteiger partial charge is 0.276 e. The van der Waals surface area contributed by atoms with Gasteiger partial charge in [0.25, 0.3) is 11.8 Å². The molecule has 0 saturated heterocycles. The molecule has 22 heavy (non-hydrogen) atoms. The molecular weight excluding hydrogens is 352 g/mol. The Hall–Kier alpha value is -2.28. The van der Waals surface area contributed by atoms with E-state index in [-0.39, 0.29) is 6.61 Å². The quantitative estimate of drug-likeness (QED) is 0.814. The topological polar surface area (TPSA) is 80.6 Å². The van der Waals surface area contributed by atoms with Crippen LogP contribution in [0.25, 0.3) is 0 Å². The van der Waals surface area contributed by atoms with E-state index in [1.54, 1.807) is 38.1 Å². The van der Waals surface area contributed by atoms with E-state index >= 15 is 0 Å². The van der Waals surface area contributed by atoms with Crippen molar-refractivity contribution in [2.24, 2.45) is 0 Å². The number of carbonyl (C=O) groups is 2. The number of hydrazine groups is 1. The molecule has 0 atom stereocenters. The maximum absolute atomic E-state index is 11.9. The summed E-state index contributed by atoms with van der Waals surface area (Å²) >= 11 is 3.31. The Kier molecular flexibility index (Phi) is 5.21. The molecule has 2 amide bonds. The summed E-state index contributed by atoms with van der Waals surface area (Å²) < 4.78 is 11.4. The molecule has 0 spiro atoms. The Morgan fingerprint density at radius 1 is 1.23 bits per heavy atom. The van der Waals surface area contributed by atoms with Gasteiger partial charge in [-0.25, -0.2) is 0 Å². The van der Waals surface area contributed by atoms with Crippen LogP contribution in [0.2, 0.25) is 0 Å². The van der Waals surface area contributed by atoms with E-state index in [1.807, 2.05) is 6.07 Å². The lowest BCUT2D eigenvalue weighted by molar-refractivity contribution is -0.123. The highest BCUT2D eigenvalue weighted by Crippen LogP contribution is 2.17. The van der Waals surface area contributed by atoms with Crippen LogP contribution in [0.15, 0.2) is 39.2 Å². The summed E-state index contributed by atoms with van der Waals surface area (Å²) in [7, 11) is 0. The fourth-order valence-electron chi connectivity index (χ4n) is 1.79. The van der Waals surface area contributed by atoms with Gasteiger partial charge in [0.15, 0.2) is 6.61 Å². The van der Waals surface area contributed by atoms with Crippen LogP contribution in [0.4, 0.5) is 0 Å². The van der Waals surface area contributed by atoms with Crippen LogP contribution in [-0.2, 0) is 4.79 Å². The van der Waals surface area contributed by atoms with Crippen LogP contribution < -0.4 is 15.6 Å². The first kappa shape index (κ1) is 16.1. The van der Waals surface area contributed by atoms with Gasteiger partial charge in [-0.1, -0.05) is 22.0 Å². The Morgan fingerprint density at radius 3 is 2.64 bits per heavy atom. The molecule has 0 bridgehead atoms. The molecule has 7 heteroatoms. The molecule has 2 rings (SSSR count). The highest BCUT2D eigenvalue weighted by molar-refractivity contribution is 9.10. The van der Waals surface area contributed by atoms with Gasteiger partial charge in [0, 0.05) is 4.47 Å². The van der Waals surface area contributed by atoms with Crippen LogP contribution in [0.5, 0.6) is 5.75 Å². The van der Waals surface area contributed by atoms with Gasteiger partial charge in [-0.3, -0.25) is 20.4 Å². The molecule has 1 aromatic heterocycles. The zero-order valence-electron chi connectivity index (χ0n) is 12.1. The lowest BCUT2D eigenvalue weighted by atomic mass is 10.2. The highest BCUT2D eigenvalue weighted by Gasteiger charge is 2.14. The molecule has 1 aromatic carbocycles. The fourth-order valence-corrected chi connectivity index (χ4v) is 2.17. The number of carbonyl (C=O) groups excluding carboxylic acids is 2. The number of nitrogens with one attached hydrogen (secondary N) is 2. The minimum atomic E-state index is -0.466. The van der Waals surface area contributed by atoms with E-state index in [0.29, 0.717) is 22.8 Å². The van der Waals surface area contributed by atoms with Crippen LogP contribution in [0, 0.1) is 13.8 Å². The van der Waals surface area contributed by atoms with Crippen molar-refractivity contribution in [3.05, 3.63) is 51.9 Å². The van der Waals surface area contributed by atoms with Crippen molar-refractivity contribution in [1.82, 2.24) is 10.9 Å². The van der Waals surface area contributed by atoms with Gasteiger partial charge in [0.2, 0.25) is 0 Å². The summed E-state index contributed by atoms with van der Waals surface area (Å²) in [5, 5.41) is 0. The van der Waals surface area contributed by atoms with Crippen LogP contribution in [0.1, 0.15) is 21.9 Å². The average Bonchev–Trinajstić information content (AvgIpc) is 2.81. The Morgan fingerprint density at radius 2 is 2.00 bits per heavy atom. The number of hydrogen-bond acceptors (Lipinski definition) is 4. The fraction of sp³-hybridized carbons (Fsp3) is 0.200. The van der Waals surface area contributed by atoms with E-state index < -0.39 is 11.8 Å². The molecular formula is C15H15BrN2O4. The molecule has 0 radical (unpaired) electrons. The summed E-state index contributed by atoms with van der Waals surface area (Å²) in [5.74, 6) is 0.773. The van der Waals surface area contributed by atoms with Crippen LogP contribution in [-0.4, -0.2) is 18.4 Å². The highest BCUT2D eigenvalue weighted by atomic mass is 79.9. The SMILES string of the molecule is Cc1cc(C(=O)NNC(=O)COc2cccc(Br)c2)c(C)o1. The number of hydrogen-bond donors (Lipinski definition) is 2. The van der Waals surface area contributed by atoms with Crippen molar-refractivity contribution in [3.63, 3.8) is 0 Å². The molecule has 6 nitrogen and oxygen atoms in total. The third-order valence-electron chi connectivity index (χ3n) is 2.77. The molecule has 0 saturated carbocycles. The number of amides is 2. The lowest BCUT2D eigenvalue weighted by Crippen LogP contribution is -2.43. The molecule has 0 unspecified atom stereocenters. The predicted molar refractivity (Wildman–Crippen MR) is 83.4 cm³/mol. The monoisotopic (exact) mass is 366 g/mol. The van der Waals surface area contributed by atoms with Gasteiger partial charge in [-0.2, -0.15) is 0 Å². The second-order valence-corrected chi connectivity index (χ2v) is 5.49. The zero-order chi connectivity index (χ0) is 16.1. The van der Waals surface area contributed by atoms with Crippen molar-refractivity contribution >= 4 is 27.7 Å². The zero-order valence-corrected chi connectivity index (χ0v) is 13.7. The molecule has 1 heterocycles. The molecule has 116 valence electrons.